The van der Waals surface area contributed by atoms with Gasteiger partial charge in [-0.15, -0.1) is 0 Å². The molecule has 0 amide bonds. The van der Waals surface area contributed by atoms with Crippen LogP contribution >= 0.6 is 0 Å². The van der Waals surface area contributed by atoms with Gasteiger partial charge in [-0.05, 0) is 50.8 Å². The molecule has 0 spiro atoms. The highest BCUT2D eigenvalue weighted by Gasteiger charge is 1.93. The van der Waals surface area contributed by atoms with Gasteiger partial charge in [0, 0.05) is 11.9 Å². The zero-order valence-corrected chi connectivity index (χ0v) is 15.7. The Bertz CT molecular complexity index is 583. The molecule has 0 saturated carbocycles. The zero-order valence-electron chi connectivity index (χ0n) is 15.7. The van der Waals surface area contributed by atoms with E-state index in [4.69, 9.17) is 4.74 Å². The fraction of sp³-hybridized carbons (Fsp3) is 0.261. The fourth-order valence-electron chi connectivity index (χ4n) is 1.97. The van der Waals surface area contributed by atoms with E-state index in [1.54, 1.807) is 30.7 Å². The second-order valence-electron chi connectivity index (χ2n) is 5.50. The molecule has 2 heteroatoms. The number of aliphatic imine (C=N–C) groups is 1. The second-order valence-corrected chi connectivity index (χ2v) is 5.50. The highest BCUT2D eigenvalue weighted by atomic mass is 16.5. The first-order valence-electron chi connectivity index (χ1n) is 8.50. The average molecular weight is 338 g/mol. The van der Waals surface area contributed by atoms with Crippen LogP contribution in [0.15, 0.2) is 103 Å². The number of ether oxygens (including phenoxy) is 1. The Morgan fingerprint density at radius 2 is 1.80 bits per heavy atom. The van der Waals surface area contributed by atoms with Crippen LogP contribution in [0.2, 0.25) is 0 Å². The predicted molar refractivity (Wildman–Crippen MR) is 113 cm³/mol. The van der Waals surface area contributed by atoms with Gasteiger partial charge in [0.15, 0.2) is 0 Å². The Labute approximate surface area is 153 Å². The molecule has 0 radical (unpaired) electrons. The Balaban J connectivity index is 4.19. The summed E-state index contributed by atoms with van der Waals surface area (Å²) in [7, 11) is 0. The third-order valence-electron chi connectivity index (χ3n) is 3.04. The monoisotopic (exact) mass is 337 g/mol. The van der Waals surface area contributed by atoms with Crippen molar-refractivity contribution in [2.24, 2.45) is 4.99 Å². The molecule has 0 atom stereocenters. The molecule has 2 nitrogen and oxygen atoms in total. The summed E-state index contributed by atoms with van der Waals surface area (Å²) in [5, 5.41) is 0. The van der Waals surface area contributed by atoms with E-state index < -0.39 is 0 Å². The van der Waals surface area contributed by atoms with Crippen molar-refractivity contribution < 1.29 is 4.74 Å². The zero-order chi connectivity index (χ0) is 18.8. The van der Waals surface area contributed by atoms with Crippen LogP contribution < -0.4 is 0 Å². The molecule has 0 rings (SSSR count). The van der Waals surface area contributed by atoms with Crippen LogP contribution in [0.4, 0.5) is 0 Å². The minimum absolute atomic E-state index is 0.597. The lowest BCUT2D eigenvalue weighted by atomic mass is 10.2. The van der Waals surface area contributed by atoms with Crippen LogP contribution in [-0.2, 0) is 4.74 Å². The molecule has 0 aliphatic heterocycles. The molecule has 134 valence electrons. The van der Waals surface area contributed by atoms with Crippen molar-refractivity contribution >= 4 is 6.21 Å². The molecule has 0 aromatic carbocycles. The summed E-state index contributed by atoms with van der Waals surface area (Å²) in [5.41, 5.74) is 3.37. The largest absolute Gasteiger partial charge is 0.497 e. The van der Waals surface area contributed by atoms with E-state index in [9.17, 15) is 0 Å². The molecule has 0 aromatic heterocycles. The van der Waals surface area contributed by atoms with Crippen LogP contribution in [0.1, 0.15) is 33.1 Å². The molecule has 0 aromatic rings. The Kier molecular flexibility index (Phi) is 14.6. The number of unbranched alkanes of at least 4 members (excludes halogenated alkanes) is 1. The van der Waals surface area contributed by atoms with E-state index in [1.165, 1.54) is 11.1 Å². The maximum absolute atomic E-state index is 5.54. The molecular weight excluding hydrogens is 306 g/mol. The molecule has 0 aliphatic rings. The number of rotatable bonds is 13. The molecule has 0 unspecified atom stereocenters. The quantitative estimate of drug-likeness (QED) is 0.160. The summed E-state index contributed by atoms with van der Waals surface area (Å²) in [6.07, 6.45) is 23.5. The van der Waals surface area contributed by atoms with Crippen molar-refractivity contribution in [2.75, 3.05) is 6.61 Å². The van der Waals surface area contributed by atoms with Crippen LogP contribution in [0.3, 0.4) is 0 Å². The number of hydrogen-bond acceptors (Lipinski definition) is 2. The van der Waals surface area contributed by atoms with Crippen LogP contribution in [0.5, 0.6) is 0 Å². The van der Waals surface area contributed by atoms with E-state index in [1.807, 2.05) is 37.3 Å². The number of nitrogens with zero attached hydrogens (tertiary/aromatic N) is 1. The van der Waals surface area contributed by atoms with Gasteiger partial charge in [-0.3, -0.25) is 4.99 Å². The lowest BCUT2D eigenvalue weighted by molar-refractivity contribution is 0.279. The Hall–Kier alpha value is -2.61. The second kappa shape index (κ2) is 16.3. The lowest BCUT2D eigenvalue weighted by Gasteiger charge is -2.02. The first kappa shape index (κ1) is 22.4. The van der Waals surface area contributed by atoms with Gasteiger partial charge in [-0.2, -0.15) is 0 Å². The van der Waals surface area contributed by atoms with Crippen LogP contribution in [-0.4, -0.2) is 12.8 Å². The topological polar surface area (TPSA) is 21.6 Å². The molecule has 0 N–H and O–H groups in total. The summed E-state index contributed by atoms with van der Waals surface area (Å²) in [6, 6.07) is 0. The molecule has 0 bridgehead atoms. The van der Waals surface area contributed by atoms with Crippen molar-refractivity contribution in [3.8, 4) is 0 Å². The summed E-state index contributed by atoms with van der Waals surface area (Å²) in [4.78, 5) is 4.37. The molecule has 0 fully saturated rings. The van der Waals surface area contributed by atoms with Gasteiger partial charge in [-0.25, -0.2) is 0 Å². The Morgan fingerprint density at radius 3 is 2.48 bits per heavy atom. The van der Waals surface area contributed by atoms with Crippen molar-refractivity contribution in [1.82, 2.24) is 0 Å². The van der Waals surface area contributed by atoms with E-state index in [-0.39, 0.29) is 0 Å². The van der Waals surface area contributed by atoms with Crippen LogP contribution in [0.25, 0.3) is 0 Å². The number of hydrogen-bond donors (Lipinski definition) is 0. The minimum Gasteiger partial charge on any atom is -0.497 e. The van der Waals surface area contributed by atoms with E-state index in [0.717, 1.165) is 25.0 Å². The first-order chi connectivity index (χ1) is 12.1. The van der Waals surface area contributed by atoms with Gasteiger partial charge in [0.1, 0.15) is 6.61 Å². The highest BCUT2D eigenvalue weighted by Crippen LogP contribution is 2.10. The average Bonchev–Trinajstić information content (AvgIpc) is 2.58. The van der Waals surface area contributed by atoms with E-state index in [2.05, 4.69) is 37.7 Å². The summed E-state index contributed by atoms with van der Waals surface area (Å²) in [6.45, 7) is 15.7. The third-order valence-corrected chi connectivity index (χ3v) is 3.04. The van der Waals surface area contributed by atoms with E-state index in [0.29, 0.717) is 6.61 Å². The fourth-order valence-corrected chi connectivity index (χ4v) is 1.97. The predicted octanol–water partition coefficient (Wildman–Crippen LogP) is 6.65. The van der Waals surface area contributed by atoms with Crippen molar-refractivity contribution in [3.63, 3.8) is 0 Å². The van der Waals surface area contributed by atoms with Crippen LogP contribution in [0, 0.1) is 0 Å². The smallest absolute Gasteiger partial charge is 0.108 e. The third kappa shape index (κ3) is 14.7. The van der Waals surface area contributed by atoms with Crippen molar-refractivity contribution in [1.29, 1.82) is 0 Å². The molecular formula is C23H31NO. The van der Waals surface area contributed by atoms with Gasteiger partial charge in [-0.1, -0.05) is 67.8 Å². The lowest BCUT2D eigenvalue weighted by Crippen LogP contribution is -1.89. The van der Waals surface area contributed by atoms with Gasteiger partial charge < -0.3 is 4.74 Å². The highest BCUT2D eigenvalue weighted by molar-refractivity contribution is 5.71. The Morgan fingerprint density at radius 1 is 1.00 bits per heavy atom. The molecule has 0 saturated heterocycles. The van der Waals surface area contributed by atoms with E-state index >= 15 is 0 Å². The van der Waals surface area contributed by atoms with Gasteiger partial charge in [0.2, 0.25) is 0 Å². The molecule has 0 heterocycles. The summed E-state index contributed by atoms with van der Waals surface area (Å²) < 4.78 is 5.54. The standard InChI is InChI=1S/C23H31NO/c1-6-9-11-15-23(24-17-8-3)16-12-10-13-18-25-20-22(5)19-21(4)14-7-2/h6-9,11,13-15,17-19H,1-3,10,12,16,20H2,4-5H3/b11-9+,18-13+,21-14-,22-19+,23-15-,24-17?. The number of allylic oxidation sites excluding steroid dienone is 11. The SMILES string of the molecule is C=CC=N/C(=C\C=C\C=C)CCC/C=C/OC/C(C)=C/C(C)=C\C=C. The van der Waals surface area contributed by atoms with Gasteiger partial charge in [0.05, 0.1) is 6.26 Å². The maximum atomic E-state index is 5.54. The van der Waals surface area contributed by atoms with Crippen molar-refractivity contribution in [2.45, 2.75) is 33.1 Å². The minimum atomic E-state index is 0.597. The maximum Gasteiger partial charge on any atom is 0.108 e. The normalized spacial score (nSPS) is 13.8. The first-order valence-corrected chi connectivity index (χ1v) is 8.50. The summed E-state index contributed by atoms with van der Waals surface area (Å²) >= 11 is 0. The molecule has 25 heavy (non-hydrogen) atoms. The summed E-state index contributed by atoms with van der Waals surface area (Å²) in [5.74, 6) is 0. The van der Waals surface area contributed by atoms with Gasteiger partial charge >= 0.3 is 0 Å². The van der Waals surface area contributed by atoms with Gasteiger partial charge in [0.25, 0.3) is 0 Å². The molecule has 0 aliphatic carbocycles. The van der Waals surface area contributed by atoms with Crippen molar-refractivity contribution in [3.05, 3.63) is 97.5 Å².